The summed E-state index contributed by atoms with van der Waals surface area (Å²) < 4.78 is 1.78. The maximum absolute atomic E-state index is 8.59. The average molecular weight is 216 g/mol. The normalized spacial score (nSPS) is 15.4. The topological polar surface area (TPSA) is 96.3 Å². The van der Waals surface area contributed by atoms with Crippen molar-refractivity contribution in [3.63, 3.8) is 0 Å². The summed E-state index contributed by atoms with van der Waals surface area (Å²) in [6.45, 7) is 0.573. The zero-order valence-electron chi connectivity index (χ0n) is 8.77. The molecule has 0 radical (unpaired) electrons. The van der Waals surface area contributed by atoms with Crippen LogP contribution in [0.25, 0.3) is 11.0 Å². The van der Waals surface area contributed by atoms with Gasteiger partial charge in [0.2, 0.25) is 0 Å². The molecule has 16 heavy (non-hydrogen) atoms. The number of nitriles is 1. The zero-order valence-corrected chi connectivity index (χ0v) is 8.77. The Labute approximate surface area is 92.0 Å². The third-order valence-electron chi connectivity index (χ3n) is 2.90. The van der Waals surface area contributed by atoms with Gasteiger partial charge in [-0.25, -0.2) is 4.68 Å². The second-order valence-corrected chi connectivity index (χ2v) is 4.13. The van der Waals surface area contributed by atoms with Crippen LogP contribution in [0.2, 0.25) is 0 Å². The fraction of sp³-hybridized carbons (Fsp3) is 0.500. The molecule has 2 aromatic rings. The standard InChI is InChI=1S/C10H12N6/c11-4-1-5-16-10-7(9(12)13-14-10)8(15-16)6-2-3-6/h6H,1-3,5H2,(H3,12,13,14). The minimum absolute atomic E-state index is 0.438. The molecule has 0 bridgehead atoms. The van der Waals surface area contributed by atoms with Crippen LogP contribution in [0.1, 0.15) is 30.9 Å². The van der Waals surface area contributed by atoms with Crippen molar-refractivity contribution < 1.29 is 0 Å². The Kier molecular flexibility index (Phi) is 1.86. The second-order valence-electron chi connectivity index (χ2n) is 4.13. The van der Waals surface area contributed by atoms with Gasteiger partial charge in [0.25, 0.3) is 0 Å². The lowest BCUT2D eigenvalue weighted by atomic mass is 10.2. The average Bonchev–Trinajstić information content (AvgIpc) is 2.96. The van der Waals surface area contributed by atoms with Crippen molar-refractivity contribution in [3.05, 3.63) is 5.69 Å². The molecule has 3 rings (SSSR count). The van der Waals surface area contributed by atoms with Gasteiger partial charge in [-0.15, -0.1) is 0 Å². The van der Waals surface area contributed by atoms with Crippen molar-refractivity contribution in [1.82, 2.24) is 20.0 Å². The van der Waals surface area contributed by atoms with Crippen LogP contribution in [0, 0.1) is 11.3 Å². The van der Waals surface area contributed by atoms with Crippen LogP contribution in [0.3, 0.4) is 0 Å². The van der Waals surface area contributed by atoms with Gasteiger partial charge in [0.1, 0.15) is 5.82 Å². The number of aromatic amines is 1. The van der Waals surface area contributed by atoms with Gasteiger partial charge in [-0.3, -0.25) is 5.10 Å². The van der Waals surface area contributed by atoms with Crippen LogP contribution in [-0.4, -0.2) is 20.0 Å². The molecule has 0 spiro atoms. The van der Waals surface area contributed by atoms with E-state index in [1.165, 1.54) is 12.8 Å². The number of nitrogens with zero attached hydrogens (tertiary/aromatic N) is 4. The van der Waals surface area contributed by atoms with Crippen molar-refractivity contribution in [2.24, 2.45) is 0 Å². The third kappa shape index (κ3) is 1.25. The first-order valence-corrected chi connectivity index (χ1v) is 5.38. The number of anilines is 1. The van der Waals surface area contributed by atoms with Gasteiger partial charge in [-0.1, -0.05) is 0 Å². The molecule has 1 aliphatic carbocycles. The van der Waals surface area contributed by atoms with Crippen LogP contribution < -0.4 is 5.73 Å². The third-order valence-corrected chi connectivity index (χ3v) is 2.90. The Balaban J connectivity index is 2.11. The van der Waals surface area contributed by atoms with Crippen LogP contribution in [-0.2, 0) is 6.54 Å². The minimum Gasteiger partial charge on any atom is -0.383 e. The number of H-pyrrole nitrogens is 1. The van der Waals surface area contributed by atoms with Crippen LogP contribution in [0.15, 0.2) is 0 Å². The fourth-order valence-corrected chi connectivity index (χ4v) is 1.97. The Hall–Kier alpha value is -2.03. The monoisotopic (exact) mass is 216 g/mol. The van der Waals surface area contributed by atoms with Crippen molar-refractivity contribution in [2.45, 2.75) is 31.7 Å². The molecule has 1 fully saturated rings. The number of rotatable bonds is 3. The molecule has 6 heteroatoms. The molecule has 0 amide bonds. The maximum Gasteiger partial charge on any atom is 0.182 e. The molecule has 0 unspecified atom stereocenters. The molecule has 1 aliphatic rings. The van der Waals surface area contributed by atoms with Crippen molar-refractivity contribution in [2.75, 3.05) is 5.73 Å². The SMILES string of the molecule is N#CCCn1nc(C2CC2)c2c(N)[nH]nc21. The van der Waals surface area contributed by atoms with Gasteiger partial charge in [0.05, 0.1) is 30.1 Å². The van der Waals surface area contributed by atoms with Crippen LogP contribution in [0.4, 0.5) is 5.82 Å². The predicted molar refractivity (Wildman–Crippen MR) is 58.5 cm³/mol. The molecule has 2 aromatic heterocycles. The zero-order chi connectivity index (χ0) is 11.1. The first kappa shape index (κ1) is 9.21. The highest BCUT2D eigenvalue weighted by atomic mass is 15.3. The molecule has 2 heterocycles. The summed E-state index contributed by atoms with van der Waals surface area (Å²) in [5, 5.41) is 21.0. The lowest BCUT2D eigenvalue weighted by molar-refractivity contribution is 0.629. The van der Waals surface area contributed by atoms with E-state index in [0.29, 0.717) is 24.7 Å². The minimum atomic E-state index is 0.438. The van der Waals surface area contributed by atoms with Gasteiger partial charge >= 0.3 is 0 Å². The first-order chi connectivity index (χ1) is 7.81. The molecule has 0 saturated heterocycles. The number of hydrogen-bond donors (Lipinski definition) is 2. The van der Waals surface area contributed by atoms with E-state index >= 15 is 0 Å². The number of hydrogen-bond acceptors (Lipinski definition) is 4. The Bertz CT molecular complexity index is 568. The first-order valence-electron chi connectivity index (χ1n) is 5.38. The van der Waals surface area contributed by atoms with Gasteiger partial charge in [0.15, 0.2) is 5.65 Å². The van der Waals surface area contributed by atoms with Crippen molar-refractivity contribution in [1.29, 1.82) is 5.26 Å². The van der Waals surface area contributed by atoms with E-state index < -0.39 is 0 Å². The van der Waals surface area contributed by atoms with E-state index in [2.05, 4.69) is 21.4 Å². The molecule has 82 valence electrons. The lowest BCUT2D eigenvalue weighted by Crippen LogP contribution is -2.00. The summed E-state index contributed by atoms with van der Waals surface area (Å²) in [4.78, 5) is 0. The van der Waals surface area contributed by atoms with Crippen molar-refractivity contribution >= 4 is 16.9 Å². The number of nitrogens with one attached hydrogen (secondary N) is 1. The quantitative estimate of drug-likeness (QED) is 0.803. The van der Waals surface area contributed by atoms with Crippen LogP contribution >= 0.6 is 0 Å². The highest BCUT2D eigenvalue weighted by molar-refractivity contribution is 5.89. The summed E-state index contributed by atoms with van der Waals surface area (Å²) in [5.41, 5.74) is 7.66. The molecule has 0 atom stereocenters. The molecule has 0 aromatic carbocycles. The number of nitrogen functional groups attached to an aromatic ring is 1. The van der Waals surface area contributed by atoms with E-state index in [9.17, 15) is 0 Å². The molecular formula is C10H12N6. The van der Waals surface area contributed by atoms with Gasteiger partial charge in [0, 0.05) is 5.92 Å². The predicted octanol–water partition coefficient (Wildman–Crippen LogP) is 1.13. The Morgan fingerprint density at radius 2 is 2.38 bits per heavy atom. The molecule has 1 saturated carbocycles. The van der Waals surface area contributed by atoms with Gasteiger partial charge in [-0.05, 0) is 12.8 Å². The smallest absolute Gasteiger partial charge is 0.182 e. The molecule has 6 nitrogen and oxygen atoms in total. The van der Waals surface area contributed by atoms with Gasteiger partial charge < -0.3 is 5.73 Å². The highest BCUT2D eigenvalue weighted by Crippen LogP contribution is 2.43. The van der Waals surface area contributed by atoms with E-state index in [4.69, 9.17) is 11.0 Å². The van der Waals surface area contributed by atoms with Crippen molar-refractivity contribution in [3.8, 4) is 6.07 Å². The Morgan fingerprint density at radius 1 is 1.56 bits per heavy atom. The van der Waals surface area contributed by atoms with Crippen LogP contribution in [0.5, 0.6) is 0 Å². The Morgan fingerprint density at radius 3 is 3.06 bits per heavy atom. The second kappa shape index (κ2) is 3.23. The number of fused-ring (bicyclic) bond motifs is 1. The van der Waals surface area contributed by atoms with E-state index in [0.717, 1.165) is 16.7 Å². The number of aryl methyl sites for hydroxylation is 1. The molecule has 0 aliphatic heterocycles. The summed E-state index contributed by atoms with van der Waals surface area (Å²) in [6, 6.07) is 2.11. The number of aromatic nitrogens is 4. The summed E-state index contributed by atoms with van der Waals surface area (Å²) >= 11 is 0. The van der Waals surface area contributed by atoms with E-state index in [1.807, 2.05) is 0 Å². The lowest BCUT2D eigenvalue weighted by Gasteiger charge is -1.95. The summed E-state index contributed by atoms with van der Waals surface area (Å²) in [6.07, 6.45) is 2.79. The summed E-state index contributed by atoms with van der Waals surface area (Å²) in [5.74, 6) is 1.12. The maximum atomic E-state index is 8.59. The highest BCUT2D eigenvalue weighted by Gasteiger charge is 2.31. The fourth-order valence-electron chi connectivity index (χ4n) is 1.97. The summed E-state index contributed by atoms with van der Waals surface area (Å²) in [7, 11) is 0. The van der Waals surface area contributed by atoms with E-state index in [-0.39, 0.29) is 0 Å². The van der Waals surface area contributed by atoms with Gasteiger partial charge in [-0.2, -0.15) is 15.5 Å². The number of nitrogens with two attached hydrogens (primary N) is 1. The molecular weight excluding hydrogens is 204 g/mol. The molecule has 3 N–H and O–H groups in total. The largest absolute Gasteiger partial charge is 0.383 e. The van der Waals surface area contributed by atoms with E-state index in [1.54, 1.807) is 4.68 Å².